The predicted octanol–water partition coefficient (Wildman–Crippen LogP) is -0.296. The molecule has 0 spiro atoms. The first-order valence-corrected chi connectivity index (χ1v) is 5.51. The molecule has 1 nitrogen and oxygen atoms in total. The van der Waals surface area contributed by atoms with Crippen LogP contribution in [0.4, 0.5) is 0 Å². The fourth-order valence-corrected chi connectivity index (χ4v) is 0. The Morgan fingerprint density at radius 2 is 2.00 bits per heavy atom. The molecule has 0 aromatic rings. The van der Waals surface area contributed by atoms with E-state index in [9.17, 15) is 0 Å². The highest BCUT2D eigenvalue weighted by molar-refractivity contribution is 7.59. The van der Waals surface area contributed by atoms with E-state index in [1.54, 1.807) is 0 Å². The highest BCUT2D eigenvalue weighted by Crippen LogP contribution is 1.80. The van der Waals surface area contributed by atoms with E-state index >= 15 is 0 Å². The normalized spacial score (nSPS) is 15.8. The molecule has 0 aliphatic carbocycles. The molecule has 0 fully saturated rings. The Labute approximate surface area is 29.8 Å². The SMILES string of the molecule is C[SiH](O)P. The van der Waals surface area contributed by atoms with Gasteiger partial charge < -0.3 is 4.80 Å². The van der Waals surface area contributed by atoms with Crippen molar-refractivity contribution in [1.29, 1.82) is 0 Å². The first kappa shape index (κ1) is 4.61. The quantitative estimate of drug-likeness (QED) is 0.323. The van der Waals surface area contributed by atoms with E-state index in [0.29, 0.717) is 0 Å². The monoisotopic (exact) mass is 94.0 g/mol. The summed E-state index contributed by atoms with van der Waals surface area (Å²) in [6.45, 7) is 1.82. The van der Waals surface area contributed by atoms with Crippen LogP contribution in [0.15, 0.2) is 0 Å². The van der Waals surface area contributed by atoms with E-state index in [1.807, 2.05) is 6.55 Å². The van der Waals surface area contributed by atoms with Crippen LogP contribution in [0.5, 0.6) is 0 Å². The molecule has 3 heteroatoms. The van der Waals surface area contributed by atoms with Crippen molar-refractivity contribution in [2.75, 3.05) is 0 Å². The summed E-state index contributed by atoms with van der Waals surface area (Å²) in [6, 6.07) is 0. The van der Waals surface area contributed by atoms with E-state index < -0.39 is 8.71 Å². The molecule has 0 rings (SSSR count). The summed E-state index contributed by atoms with van der Waals surface area (Å²) in [5, 5.41) is 0. The molecule has 2 unspecified atom stereocenters. The second-order valence-electron chi connectivity index (χ2n) is 0.741. The minimum atomic E-state index is -1.22. The second kappa shape index (κ2) is 1.88. The van der Waals surface area contributed by atoms with E-state index in [1.165, 1.54) is 0 Å². The van der Waals surface area contributed by atoms with Crippen molar-refractivity contribution < 1.29 is 4.80 Å². The summed E-state index contributed by atoms with van der Waals surface area (Å²) in [6.07, 6.45) is 0. The lowest BCUT2D eigenvalue weighted by Gasteiger charge is -1.76. The molecular formula is CH7OPSi. The average molecular weight is 94.1 g/mol. The smallest absolute Gasteiger partial charge is 0.189 e. The van der Waals surface area contributed by atoms with E-state index in [0.717, 1.165) is 0 Å². The van der Waals surface area contributed by atoms with Crippen LogP contribution in [0, 0.1) is 0 Å². The van der Waals surface area contributed by atoms with Crippen molar-refractivity contribution in [2.24, 2.45) is 0 Å². The number of rotatable bonds is 0. The van der Waals surface area contributed by atoms with Crippen LogP contribution in [0.3, 0.4) is 0 Å². The lowest BCUT2D eigenvalue weighted by atomic mass is 11.9. The molecule has 2 atom stereocenters. The number of hydrogen-bond acceptors (Lipinski definition) is 1. The van der Waals surface area contributed by atoms with Crippen molar-refractivity contribution in [3.8, 4) is 0 Å². The predicted molar refractivity (Wildman–Crippen MR) is 24.9 cm³/mol. The fraction of sp³-hybridized carbons (Fsp3) is 1.00. The molecule has 0 aromatic heterocycles. The third-order valence-corrected chi connectivity index (χ3v) is 0. The minimum absolute atomic E-state index is 1.22. The van der Waals surface area contributed by atoms with Crippen molar-refractivity contribution in [3.05, 3.63) is 0 Å². The minimum Gasteiger partial charge on any atom is -0.431 e. The van der Waals surface area contributed by atoms with Gasteiger partial charge in [-0.05, 0) is 6.55 Å². The summed E-state index contributed by atoms with van der Waals surface area (Å²) in [5.74, 6) is 0. The molecular weight excluding hydrogens is 87.1 g/mol. The summed E-state index contributed by atoms with van der Waals surface area (Å²) in [5.41, 5.74) is 0. The molecule has 0 bridgehead atoms. The highest BCUT2D eigenvalue weighted by Gasteiger charge is 1.74. The standard InChI is InChI=1S/CH7OPSi/c1-4(2)3/h2,4H,3H2,1H3. The van der Waals surface area contributed by atoms with Gasteiger partial charge in [-0.2, -0.15) is 0 Å². The van der Waals surface area contributed by atoms with Gasteiger partial charge in [0.15, 0.2) is 8.71 Å². The molecule has 0 saturated heterocycles. The largest absolute Gasteiger partial charge is 0.431 e. The van der Waals surface area contributed by atoms with Gasteiger partial charge in [0.1, 0.15) is 0 Å². The Morgan fingerprint density at radius 3 is 2.00 bits per heavy atom. The Kier molecular flexibility index (Phi) is 2.17. The molecule has 1 N–H and O–H groups in total. The van der Waals surface area contributed by atoms with E-state index in [4.69, 9.17) is 4.80 Å². The van der Waals surface area contributed by atoms with Crippen LogP contribution in [0.1, 0.15) is 0 Å². The molecule has 0 saturated carbocycles. The first-order valence-electron chi connectivity index (χ1n) is 1.17. The number of hydrogen-bond donors (Lipinski definition) is 1. The Bertz CT molecular complexity index is 12.8. The lowest BCUT2D eigenvalue weighted by Crippen LogP contribution is -1.86. The van der Waals surface area contributed by atoms with Gasteiger partial charge in [-0.15, -0.1) is 8.79 Å². The summed E-state index contributed by atoms with van der Waals surface area (Å²) >= 11 is 0. The second-order valence-corrected chi connectivity index (χ2v) is 5.12. The maximum atomic E-state index is 8.16. The topological polar surface area (TPSA) is 20.2 Å². The van der Waals surface area contributed by atoms with Gasteiger partial charge in [0.05, 0.1) is 0 Å². The average Bonchev–Trinajstić information content (AvgIpc) is 0.811. The third-order valence-electron chi connectivity index (χ3n) is 0. The van der Waals surface area contributed by atoms with Crippen LogP contribution in [0.2, 0.25) is 6.55 Å². The molecule has 0 aliphatic heterocycles. The van der Waals surface area contributed by atoms with Crippen molar-refractivity contribution in [3.63, 3.8) is 0 Å². The maximum Gasteiger partial charge on any atom is 0.189 e. The molecule has 4 heavy (non-hydrogen) atoms. The summed E-state index contributed by atoms with van der Waals surface area (Å²) in [7, 11) is 1.13. The van der Waals surface area contributed by atoms with Crippen LogP contribution < -0.4 is 0 Å². The van der Waals surface area contributed by atoms with Crippen molar-refractivity contribution in [1.82, 2.24) is 0 Å². The van der Waals surface area contributed by atoms with Crippen LogP contribution in [-0.4, -0.2) is 13.5 Å². The van der Waals surface area contributed by atoms with Gasteiger partial charge in [-0.25, -0.2) is 0 Å². The van der Waals surface area contributed by atoms with Gasteiger partial charge in [0, 0.05) is 0 Å². The van der Waals surface area contributed by atoms with Crippen molar-refractivity contribution >= 4 is 17.5 Å². The molecule has 0 aliphatic rings. The van der Waals surface area contributed by atoms with Crippen LogP contribution in [-0.2, 0) is 0 Å². The Balaban J connectivity index is 2.32. The van der Waals surface area contributed by atoms with Gasteiger partial charge in [0.25, 0.3) is 0 Å². The molecule has 0 heterocycles. The zero-order valence-corrected chi connectivity index (χ0v) is 4.91. The van der Waals surface area contributed by atoms with Crippen LogP contribution >= 0.6 is 8.79 Å². The first-order chi connectivity index (χ1) is 1.73. The molecule has 26 valence electrons. The van der Waals surface area contributed by atoms with Gasteiger partial charge >= 0.3 is 0 Å². The maximum absolute atomic E-state index is 8.16. The molecule has 0 amide bonds. The van der Waals surface area contributed by atoms with Gasteiger partial charge in [0.2, 0.25) is 0 Å². The highest BCUT2D eigenvalue weighted by atomic mass is 31.3. The van der Waals surface area contributed by atoms with Gasteiger partial charge in [-0.1, -0.05) is 0 Å². The van der Waals surface area contributed by atoms with Gasteiger partial charge in [-0.3, -0.25) is 0 Å². The molecule has 0 aromatic carbocycles. The van der Waals surface area contributed by atoms with E-state index in [2.05, 4.69) is 8.79 Å². The zero-order valence-electron chi connectivity index (χ0n) is 2.60. The zero-order chi connectivity index (χ0) is 3.58. The lowest BCUT2D eigenvalue weighted by molar-refractivity contribution is 0.603. The third kappa shape index (κ3) is 18.3. The summed E-state index contributed by atoms with van der Waals surface area (Å²) < 4.78 is 0. The fourth-order valence-electron chi connectivity index (χ4n) is 0. The Hall–Kier alpha value is 0.607. The Morgan fingerprint density at radius 1 is 2.00 bits per heavy atom. The molecule has 0 radical (unpaired) electrons. The van der Waals surface area contributed by atoms with Crippen LogP contribution in [0.25, 0.3) is 0 Å². The van der Waals surface area contributed by atoms with Crippen molar-refractivity contribution in [2.45, 2.75) is 6.55 Å². The summed E-state index contributed by atoms with van der Waals surface area (Å²) in [4.78, 5) is 8.16. The van der Waals surface area contributed by atoms with E-state index in [-0.39, 0.29) is 0 Å².